The highest BCUT2D eigenvalue weighted by atomic mass is 32.2. The predicted molar refractivity (Wildman–Crippen MR) is 79.3 cm³/mol. The molecular formula is C15H23O2S+. The Hall–Kier alpha value is -0.800. The Morgan fingerprint density at radius 3 is 2.50 bits per heavy atom. The van der Waals surface area contributed by atoms with Gasteiger partial charge in [-0.3, -0.25) is 4.79 Å². The van der Waals surface area contributed by atoms with E-state index in [9.17, 15) is 4.79 Å². The van der Waals surface area contributed by atoms with Gasteiger partial charge in [-0.2, -0.15) is 0 Å². The molecule has 0 amide bonds. The fraction of sp³-hybridized carbons (Fsp3) is 0.533. The van der Waals surface area contributed by atoms with Gasteiger partial charge in [-0.1, -0.05) is 43.7 Å². The molecular weight excluding hydrogens is 244 g/mol. The number of benzene rings is 1. The molecule has 0 radical (unpaired) electrons. The first kappa shape index (κ1) is 15.3. The normalized spacial score (nSPS) is 14.2. The topological polar surface area (TPSA) is 37.3 Å². The molecule has 0 saturated carbocycles. The summed E-state index contributed by atoms with van der Waals surface area (Å²) in [6.07, 6.45) is 5.18. The van der Waals surface area contributed by atoms with Crippen LogP contribution in [0.3, 0.4) is 0 Å². The van der Waals surface area contributed by atoms with Crippen molar-refractivity contribution in [1.82, 2.24) is 0 Å². The zero-order valence-electron chi connectivity index (χ0n) is 11.3. The number of Topliss-reactive ketones (excluding diaryl/α,β-unsaturated/α-hetero) is 1. The molecule has 2 nitrogen and oxygen atoms in total. The lowest BCUT2D eigenvalue weighted by Crippen LogP contribution is -2.28. The number of hydrogen-bond donors (Lipinski definition) is 1. The van der Waals surface area contributed by atoms with Crippen molar-refractivity contribution in [1.29, 1.82) is 0 Å². The fourth-order valence-electron chi connectivity index (χ4n) is 2.04. The van der Waals surface area contributed by atoms with Crippen LogP contribution in [0.2, 0.25) is 0 Å². The van der Waals surface area contributed by atoms with E-state index in [1.54, 1.807) is 0 Å². The summed E-state index contributed by atoms with van der Waals surface area (Å²) in [6, 6.07) is 9.48. The van der Waals surface area contributed by atoms with Crippen LogP contribution in [0.5, 0.6) is 0 Å². The van der Waals surface area contributed by atoms with Crippen molar-refractivity contribution in [3.8, 4) is 0 Å². The summed E-state index contributed by atoms with van der Waals surface area (Å²) >= 11 is 0. The zero-order chi connectivity index (χ0) is 13.4. The first-order chi connectivity index (χ1) is 8.69. The Labute approximate surface area is 113 Å². The van der Waals surface area contributed by atoms with E-state index in [1.165, 1.54) is 0 Å². The predicted octanol–water partition coefficient (Wildman–Crippen LogP) is 2.67. The van der Waals surface area contributed by atoms with Crippen LogP contribution >= 0.6 is 0 Å². The number of ketones is 1. The molecule has 0 heterocycles. The van der Waals surface area contributed by atoms with Gasteiger partial charge in [-0.05, 0) is 17.3 Å². The van der Waals surface area contributed by atoms with Gasteiger partial charge >= 0.3 is 0 Å². The summed E-state index contributed by atoms with van der Waals surface area (Å²) in [5.41, 5.74) is 0.802. The highest BCUT2D eigenvalue weighted by Crippen LogP contribution is 2.15. The van der Waals surface area contributed by atoms with Crippen molar-refractivity contribution in [3.63, 3.8) is 0 Å². The summed E-state index contributed by atoms with van der Waals surface area (Å²) in [7, 11) is 0.0523. The molecule has 0 spiro atoms. The van der Waals surface area contributed by atoms with Gasteiger partial charge in [-0.15, -0.1) is 0 Å². The smallest absolute Gasteiger partial charge is 0.211 e. The quantitative estimate of drug-likeness (QED) is 0.581. The number of carbonyl (C=O) groups excluding carboxylic acids is 1. The van der Waals surface area contributed by atoms with E-state index in [0.717, 1.165) is 24.8 Å². The zero-order valence-corrected chi connectivity index (χ0v) is 12.1. The molecule has 1 aromatic rings. The molecule has 0 saturated heterocycles. The second kappa shape index (κ2) is 8.33. The summed E-state index contributed by atoms with van der Waals surface area (Å²) in [4.78, 5) is 12.1. The van der Waals surface area contributed by atoms with Crippen LogP contribution in [-0.4, -0.2) is 34.8 Å². The molecule has 0 aromatic heterocycles. The summed E-state index contributed by atoms with van der Waals surface area (Å²) in [5, 5.41) is 9.56. The minimum absolute atomic E-state index is 0.0523. The average molecular weight is 267 g/mol. The summed E-state index contributed by atoms with van der Waals surface area (Å²) in [6.45, 7) is 2.38. The molecule has 0 aliphatic rings. The molecule has 0 aliphatic carbocycles. The van der Waals surface area contributed by atoms with Gasteiger partial charge in [0.1, 0.15) is 5.25 Å². The van der Waals surface area contributed by atoms with E-state index in [1.807, 2.05) is 30.3 Å². The van der Waals surface area contributed by atoms with E-state index >= 15 is 0 Å². The maximum Gasteiger partial charge on any atom is 0.211 e. The van der Waals surface area contributed by atoms with Crippen molar-refractivity contribution in [2.75, 3.05) is 18.6 Å². The third kappa shape index (κ3) is 4.83. The fourth-order valence-corrected chi connectivity index (χ4v) is 4.01. The Kier molecular flexibility index (Phi) is 7.06. The number of carbonyl (C=O) groups is 1. The van der Waals surface area contributed by atoms with E-state index in [-0.39, 0.29) is 23.3 Å². The van der Waals surface area contributed by atoms with Crippen LogP contribution < -0.4 is 0 Å². The third-order valence-electron chi connectivity index (χ3n) is 3.09. The number of rotatable bonds is 8. The first-order valence-corrected chi connectivity index (χ1v) is 8.36. The van der Waals surface area contributed by atoms with Gasteiger partial charge in [0.25, 0.3) is 0 Å². The largest absolute Gasteiger partial charge is 0.396 e. The monoisotopic (exact) mass is 267 g/mol. The lowest BCUT2D eigenvalue weighted by atomic mass is 10.2. The Morgan fingerprint density at radius 1 is 1.28 bits per heavy atom. The second-order valence-electron chi connectivity index (χ2n) is 4.55. The molecule has 0 fully saturated rings. The van der Waals surface area contributed by atoms with Crippen LogP contribution in [-0.2, 0) is 10.9 Å². The van der Waals surface area contributed by atoms with Crippen LogP contribution in [0, 0.1) is 0 Å². The van der Waals surface area contributed by atoms with Gasteiger partial charge in [0.05, 0.1) is 6.26 Å². The Morgan fingerprint density at radius 2 is 1.94 bits per heavy atom. The molecule has 0 bridgehead atoms. The van der Waals surface area contributed by atoms with Crippen LogP contribution in [0.1, 0.15) is 36.5 Å². The molecule has 0 aliphatic heterocycles. The molecule has 1 N–H and O–H groups in total. The molecule has 1 rings (SSSR count). The average Bonchev–Trinajstić information content (AvgIpc) is 2.39. The molecule has 18 heavy (non-hydrogen) atoms. The van der Waals surface area contributed by atoms with Crippen molar-refractivity contribution < 1.29 is 9.90 Å². The summed E-state index contributed by atoms with van der Waals surface area (Å²) in [5.74, 6) is 0.828. The maximum atomic E-state index is 12.1. The van der Waals surface area contributed by atoms with E-state index in [0.29, 0.717) is 11.0 Å². The van der Waals surface area contributed by atoms with Gasteiger partial charge in [0.15, 0.2) is 5.75 Å². The van der Waals surface area contributed by atoms with Gasteiger partial charge < -0.3 is 5.11 Å². The molecule has 100 valence electrons. The Balaban J connectivity index is 2.57. The van der Waals surface area contributed by atoms with Gasteiger partial charge in [-0.25, -0.2) is 0 Å². The molecule has 2 unspecified atom stereocenters. The Bertz CT molecular complexity index is 345. The second-order valence-corrected chi connectivity index (χ2v) is 6.88. The minimum Gasteiger partial charge on any atom is -0.396 e. The van der Waals surface area contributed by atoms with Crippen molar-refractivity contribution in [2.45, 2.75) is 31.4 Å². The van der Waals surface area contributed by atoms with Crippen LogP contribution in [0.4, 0.5) is 0 Å². The van der Waals surface area contributed by atoms with Crippen molar-refractivity contribution in [2.24, 2.45) is 0 Å². The molecule has 1 aromatic carbocycles. The van der Waals surface area contributed by atoms with Crippen molar-refractivity contribution >= 4 is 16.7 Å². The SMILES string of the molecule is CCCC(CCO)[S+](C)CC(=O)c1ccccc1. The third-order valence-corrected chi connectivity index (χ3v) is 5.41. The minimum atomic E-state index is 0.0523. The number of aliphatic hydroxyl groups is 1. The van der Waals surface area contributed by atoms with Crippen molar-refractivity contribution in [3.05, 3.63) is 35.9 Å². The van der Waals surface area contributed by atoms with Crippen LogP contribution in [0.25, 0.3) is 0 Å². The standard InChI is InChI=1S/C15H23O2S/c1-3-7-14(10-11-16)18(2)12-15(17)13-8-5-4-6-9-13/h4-6,8-9,14,16H,3,7,10-12H2,1-2H3/q+1. The highest BCUT2D eigenvalue weighted by molar-refractivity contribution is 7.97. The van der Waals surface area contributed by atoms with Gasteiger partial charge in [0.2, 0.25) is 5.78 Å². The van der Waals surface area contributed by atoms with E-state index in [2.05, 4.69) is 13.2 Å². The molecule has 2 atom stereocenters. The lowest BCUT2D eigenvalue weighted by Gasteiger charge is -2.14. The summed E-state index contributed by atoms with van der Waals surface area (Å²) < 4.78 is 0. The van der Waals surface area contributed by atoms with Crippen LogP contribution in [0.15, 0.2) is 30.3 Å². The molecule has 3 heteroatoms. The highest BCUT2D eigenvalue weighted by Gasteiger charge is 2.27. The number of hydrogen-bond acceptors (Lipinski definition) is 2. The number of aliphatic hydroxyl groups excluding tert-OH is 1. The van der Waals surface area contributed by atoms with Gasteiger partial charge in [0, 0.05) is 18.6 Å². The maximum absolute atomic E-state index is 12.1. The van der Waals surface area contributed by atoms with E-state index in [4.69, 9.17) is 5.11 Å². The van der Waals surface area contributed by atoms with E-state index < -0.39 is 0 Å². The first-order valence-electron chi connectivity index (χ1n) is 6.49. The lowest BCUT2D eigenvalue weighted by molar-refractivity contribution is 0.102.